The van der Waals surface area contributed by atoms with E-state index < -0.39 is 10.0 Å². The van der Waals surface area contributed by atoms with Crippen LogP contribution < -0.4 is 0 Å². The average Bonchev–Trinajstić information content (AvgIpc) is 3.15. The molecule has 170 valence electrons. The summed E-state index contributed by atoms with van der Waals surface area (Å²) in [7, 11) is -3.47. The molecule has 0 amide bonds. The predicted octanol–water partition coefficient (Wildman–Crippen LogP) is 4.76. The lowest BCUT2D eigenvalue weighted by molar-refractivity contribution is 0.179. The second kappa shape index (κ2) is 9.75. The number of sulfonamides is 1. The molecule has 0 spiro atoms. The molecule has 2 heterocycles. The van der Waals surface area contributed by atoms with Crippen molar-refractivity contribution in [1.82, 2.24) is 14.2 Å². The van der Waals surface area contributed by atoms with Crippen molar-refractivity contribution in [3.05, 3.63) is 70.6 Å². The van der Waals surface area contributed by atoms with Crippen molar-refractivity contribution in [3.63, 3.8) is 0 Å². The minimum absolute atomic E-state index is 0.365. The van der Waals surface area contributed by atoms with E-state index in [1.54, 1.807) is 16.4 Å². The maximum absolute atomic E-state index is 13.0. The van der Waals surface area contributed by atoms with Crippen LogP contribution in [-0.2, 0) is 23.0 Å². The van der Waals surface area contributed by atoms with Crippen LogP contribution >= 0.6 is 11.6 Å². The Balaban J connectivity index is 1.39. The van der Waals surface area contributed by atoms with E-state index in [1.165, 1.54) is 0 Å². The van der Waals surface area contributed by atoms with E-state index in [1.807, 2.05) is 43.3 Å². The number of hydrogen-bond acceptors (Lipinski definition) is 5. The Labute approximate surface area is 194 Å². The number of aryl methyl sites for hydroxylation is 2. The highest BCUT2D eigenvalue weighted by atomic mass is 35.5. The standard InChI is InChI=1S/C24H28ClN3O3S/c1-3-5-19-8-10-22(11-9-19)32(29,30)28-14-12-27(13-15-28)17-23-18(2)31-24(26-23)20-6-4-7-21(25)16-20/h4,6-11,16H,3,5,12-15,17H2,1-2H3. The number of halogens is 1. The second-order valence-electron chi connectivity index (χ2n) is 8.11. The summed E-state index contributed by atoms with van der Waals surface area (Å²) in [4.78, 5) is 7.23. The smallest absolute Gasteiger partial charge is 0.243 e. The van der Waals surface area contributed by atoms with Crippen molar-refractivity contribution in [2.75, 3.05) is 26.2 Å². The van der Waals surface area contributed by atoms with Gasteiger partial charge in [0, 0.05) is 43.3 Å². The first kappa shape index (κ1) is 23.0. The SMILES string of the molecule is CCCc1ccc(S(=O)(=O)N2CCN(Cc3nc(-c4cccc(Cl)c4)oc3C)CC2)cc1. The fourth-order valence-electron chi connectivity index (χ4n) is 3.93. The van der Waals surface area contributed by atoms with Gasteiger partial charge in [-0.2, -0.15) is 4.31 Å². The van der Waals surface area contributed by atoms with Crippen molar-refractivity contribution in [3.8, 4) is 11.5 Å². The quantitative estimate of drug-likeness (QED) is 0.494. The van der Waals surface area contributed by atoms with Gasteiger partial charge in [0.1, 0.15) is 5.76 Å². The summed E-state index contributed by atoms with van der Waals surface area (Å²) < 4.78 is 33.5. The summed E-state index contributed by atoms with van der Waals surface area (Å²) in [5.74, 6) is 1.31. The first-order chi connectivity index (χ1) is 15.4. The zero-order chi connectivity index (χ0) is 22.7. The van der Waals surface area contributed by atoms with Crippen LogP contribution in [0.1, 0.15) is 30.4 Å². The maximum Gasteiger partial charge on any atom is 0.243 e. The first-order valence-corrected chi connectivity index (χ1v) is 12.7. The molecule has 4 rings (SSSR count). The molecule has 2 aromatic carbocycles. The van der Waals surface area contributed by atoms with E-state index in [4.69, 9.17) is 16.0 Å². The van der Waals surface area contributed by atoms with Crippen LogP contribution in [0.5, 0.6) is 0 Å². The van der Waals surface area contributed by atoms with Crippen LogP contribution in [0.2, 0.25) is 5.02 Å². The highest BCUT2D eigenvalue weighted by Gasteiger charge is 2.29. The van der Waals surface area contributed by atoms with Gasteiger partial charge < -0.3 is 4.42 Å². The molecule has 0 radical (unpaired) electrons. The topological polar surface area (TPSA) is 66.7 Å². The second-order valence-corrected chi connectivity index (χ2v) is 10.5. The molecule has 32 heavy (non-hydrogen) atoms. The number of hydrogen-bond donors (Lipinski definition) is 0. The number of oxazole rings is 1. The highest BCUT2D eigenvalue weighted by Crippen LogP contribution is 2.25. The minimum atomic E-state index is -3.47. The van der Waals surface area contributed by atoms with Gasteiger partial charge >= 0.3 is 0 Å². The number of piperazine rings is 1. The molecule has 0 atom stereocenters. The summed E-state index contributed by atoms with van der Waals surface area (Å²) >= 11 is 6.08. The Hall–Kier alpha value is -2.19. The fourth-order valence-corrected chi connectivity index (χ4v) is 5.54. The van der Waals surface area contributed by atoms with Crippen molar-refractivity contribution < 1.29 is 12.8 Å². The number of rotatable bonds is 7. The third-order valence-corrected chi connectivity index (χ3v) is 7.92. The van der Waals surface area contributed by atoms with Crippen LogP contribution in [0.3, 0.4) is 0 Å². The number of aromatic nitrogens is 1. The fraction of sp³-hybridized carbons (Fsp3) is 0.375. The Kier molecular flexibility index (Phi) is 7.00. The van der Waals surface area contributed by atoms with Crippen LogP contribution in [0.25, 0.3) is 11.5 Å². The van der Waals surface area contributed by atoms with Gasteiger partial charge in [0.05, 0.1) is 10.6 Å². The van der Waals surface area contributed by atoms with Crippen LogP contribution in [0.15, 0.2) is 57.8 Å². The monoisotopic (exact) mass is 473 g/mol. The minimum Gasteiger partial charge on any atom is -0.441 e. The molecule has 8 heteroatoms. The Bertz CT molecular complexity index is 1170. The lowest BCUT2D eigenvalue weighted by Crippen LogP contribution is -2.48. The van der Waals surface area contributed by atoms with Crippen molar-refractivity contribution in [1.29, 1.82) is 0 Å². The lowest BCUT2D eigenvalue weighted by atomic mass is 10.1. The Morgan fingerprint density at radius 3 is 2.44 bits per heavy atom. The molecule has 1 aliphatic rings. The van der Waals surface area contributed by atoms with Gasteiger partial charge in [0.25, 0.3) is 0 Å². The molecule has 3 aromatic rings. The van der Waals surface area contributed by atoms with E-state index in [0.717, 1.165) is 35.4 Å². The molecule has 1 fully saturated rings. The van der Waals surface area contributed by atoms with E-state index in [9.17, 15) is 8.42 Å². The Morgan fingerprint density at radius 2 is 1.78 bits per heavy atom. The molecule has 1 aromatic heterocycles. The van der Waals surface area contributed by atoms with E-state index in [-0.39, 0.29) is 0 Å². The van der Waals surface area contributed by atoms with E-state index in [2.05, 4.69) is 16.8 Å². The van der Waals surface area contributed by atoms with Crippen molar-refractivity contribution in [2.24, 2.45) is 0 Å². The molecule has 0 N–H and O–H groups in total. The molecule has 0 saturated carbocycles. The van der Waals surface area contributed by atoms with E-state index in [0.29, 0.717) is 48.5 Å². The first-order valence-electron chi connectivity index (χ1n) is 10.9. The molecule has 1 saturated heterocycles. The molecule has 6 nitrogen and oxygen atoms in total. The summed E-state index contributed by atoms with van der Waals surface area (Å²) in [5, 5.41) is 0.636. The molecule has 1 aliphatic heterocycles. The van der Waals surface area contributed by atoms with Gasteiger partial charge in [-0.1, -0.05) is 43.1 Å². The number of nitrogens with zero attached hydrogens (tertiary/aromatic N) is 3. The normalized spacial score (nSPS) is 15.8. The van der Waals surface area contributed by atoms with Crippen LogP contribution in [-0.4, -0.2) is 48.8 Å². The summed E-state index contributed by atoms with van der Waals surface area (Å²) in [5.41, 5.74) is 2.87. The van der Waals surface area contributed by atoms with Gasteiger partial charge in [-0.25, -0.2) is 13.4 Å². The molecular weight excluding hydrogens is 446 g/mol. The van der Waals surface area contributed by atoms with Gasteiger partial charge in [-0.15, -0.1) is 0 Å². The predicted molar refractivity (Wildman–Crippen MR) is 126 cm³/mol. The van der Waals surface area contributed by atoms with Gasteiger partial charge in [-0.3, -0.25) is 4.90 Å². The summed E-state index contributed by atoms with van der Waals surface area (Å²) in [6.45, 7) is 6.84. The lowest BCUT2D eigenvalue weighted by Gasteiger charge is -2.33. The Morgan fingerprint density at radius 1 is 1.06 bits per heavy atom. The van der Waals surface area contributed by atoms with Crippen molar-refractivity contribution >= 4 is 21.6 Å². The number of benzene rings is 2. The summed E-state index contributed by atoms with van der Waals surface area (Å²) in [6, 6.07) is 14.7. The molecule has 0 unspecified atom stereocenters. The molecular formula is C24H28ClN3O3S. The molecule has 0 bridgehead atoms. The van der Waals surface area contributed by atoms with Crippen molar-refractivity contribution in [2.45, 2.75) is 38.1 Å². The molecule has 0 aliphatic carbocycles. The van der Waals surface area contributed by atoms with Crippen LogP contribution in [0, 0.1) is 6.92 Å². The average molecular weight is 474 g/mol. The maximum atomic E-state index is 13.0. The van der Waals surface area contributed by atoms with Gasteiger partial charge in [0.2, 0.25) is 15.9 Å². The zero-order valence-corrected chi connectivity index (χ0v) is 20.0. The highest BCUT2D eigenvalue weighted by molar-refractivity contribution is 7.89. The largest absolute Gasteiger partial charge is 0.441 e. The zero-order valence-electron chi connectivity index (χ0n) is 18.4. The van der Waals surface area contributed by atoms with Gasteiger partial charge in [-0.05, 0) is 49.2 Å². The van der Waals surface area contributed by atoms with Crippen LogP contribution in [0.4, 0.5) is 0 Å². The van der Waals surface area contributed by atoms with Gasteiger partial charge in [0.15, 0.2) is 0 Å². The third kappa shape index (κ3) is 5.07. The third-order valence-electron chi connectivity index (χ3n) is 5.77. The van der Waals surface area contributed by atoms with E-state index >= 15 is 0 Å². The summed E-state index contributed by atoms with van der Waals surface area (Å²) in [6.07, 6.45) is 2.00.